The maximum atomic E-state index is 13.1. The van der Waals surface area contributed by atoms with Gasteiger partial charge < -0.3 is 0 Å². The van der Waals surface area contributed by atoms with Gasteiger partial charge in [0.1, 0.15) is 0 Å². The topological polar surface area (TPSA) is 36.7 Å². The molecule has 0 aliphatic rings. The molecule has 0 N–H and O–H groups in total. The molecule has 1 aromatic heterocycles. The fraction of sp³-hybridized carbons (Fsp3) is 0.538. The van der Waals surface area contributed by atoms with Crippen molar-refractivity contribution in [2.24, 2.45) is 0 Å². The molecule has 0 spiro atoms. The lowest BCUT2D eigenvalue weighted by atomic mass is 9.77. The fourth-order valence-corrected chi connectivity index (χ4v) is 2.08. The van der Waals surface area contributed by atoms with Gasteiger partial charge in [0, 0.05) is 0 Å². The van der Waals surface area contributed by atoms with E-state index >= 15 is 0 Å². The summed E-state index contributed by atoms with van der Waals surface area (Å²) in [4.78, 5) is 3.86. The van der Waals surface area contributed by atoms with Crippen molar-refractivity contribution in [2.45, 2.75) is 44.9 Å². The highest BCUT2D eigenvalue weighted by atomic mass is 19.1. The monoisotopic (exact) mass is 220 g/mol. The van der Waals surface area contributed by atoms with Gasteiger partial charge in [-0.15, -0.1) is 0 Å². The van der Waals surface area contributed by atoms with Crippen molar-refractivity contribution >= 4 is 0 Å². The molecule has 0 aromatic carbocycles. The molecule has 0 atom stereocenters. The molecule has 0 radical (unpaired) electrons. The highest BCUT2D eigenvalue weighted by Gasteiger charge is 2.32. The first-order valence-electron chi connectivity index (χ1n) is 5.73. The fourth-order valence-electron chi connectivity index (χ4n) is 2.08. The number of hydrogen-bond donors (Lipinski definition) is 0. The summed E-state index contributed by atoms with van der Waals surface area (Å²) < 4.78 is 13.1. The van der Waals surface area contributed by atoms with Gasteiger partial charge in [-0.05, 0) is 25.0 Å². The maximum Gasteiger partial charge on any atom is 0.213 e. The van der Waals surface area contributed by atoms with E-state index in [0.29, 0.717) is 5.69 Å². The number of hydrogen-bond acceptors (Lipinski definition) is 2. The normalized spacial score (nSPS) is 11.1. The summed E-state index contributed by atoms with van der Waals surface area (Å²) in [6, 6.07) is 7.01. The van der Waals surface area contributed by atoms with Gasteiger partial charge >= 0.3 is 0 Å². The van der Waals surface area contributed by atoms with Crippen LogP contribution in [-0.2, 0) is 5.41 Å². The van der Waals surface area contributed by atoms with Crippen molar-refractivity contribution in [3.8, 4) is 6.07 Å². The van der Waals surface area contributed by atoms with Crippen molar-refractivity contribution in [2.75, 3.05) is 0 Å². The average Bonchev–Trinajstić information content (AvgIpc) is 2.28. The van der Waals surface area contributed by atoms with Crippen molar-refractivity contribution < 1.29 is 4.39 Å². The zero-order valence-electron chi connectivity index (χ0n) is 9.83. The van der Waals surface area contributed by atoms with Crippen molar-refractivity contribution in [3.63, 3.8) is 0 Å². The predicted octanol–water partition coefficient (Wildman–Crippen LogP) is 3.58. The largest absolute Gasteiger partial charge is 0.223 e. The summed E-state index contributed by atoms with van der Waals surface area (Å²) in [6.07, 6.45) is 3.25. The average molecular weight is 220 g/mol. The minimum atomic E-state index is -0.619. The number of rotatable bonds is 5. The first-order chi connectivity index (χ1) is 7.68. The van der Waals surface area contributed by atoms with Gasteiger partial charge in [0.2, 0.25) is 5.95 Å². The number of halogens is 1. The molecule has 0 amide bonds. The van der Waals surface area contributed by atoms with E-state index in [2.05, 4.69) is 11.1 Å². The van der Waals surface area contributed by atoms with Crippen LogP contribution < -0.4 is 0 Å². The predicted molar refractivity (Wildman–Crippen MR) is 61.3 cm³/mol. The lowest BCUT2D eigenvalue weighted by Crippen LogP contribution is -2.25. The van der Waals surface area contributed by atoms with Gasteiger partial charge in [0.05, 0.1) is 17.2 Å². The molecule has 86 valence electrons. The summed E-state index contributed by atoms with van der Waals surface area (Å²) in [6.45, 7) is 4.06. The first-order valence-corrected chi connectivity index (χ1v) is 5.73. The van der Waals surface area contributed by atoms with E-state index in [1.165, 1.54) is 6.07 Å². The second kappa shape index (κ2) is 5.60. The summed E-state index contributed by atoms with van der Waals surface area (Å²) in [5.74, 6) is -0.510. The molecule has 0 bridgehead atoms. The molecule has 0 fully saturated rings. The van der Waals surface area contributed by atoms with E-state index in [0.717, 1.165) is 25.7 Å². The smallest absolute Gasteiger partial charge is 0.213 e. The van der Waals surface area contributed by atoms with Gasteiger partial charge in [-0.25, -0.2) is 4.98 Å². The molecule has 1 aromatic rings. The number of nitriles is 1. The van der Waals surface area contributed by atoms with E-state index in [-0.39, 0.29) is 0 Å². The third-order valence-electron chi connectivity index (χ3n) is 2.77. The third-order valence-corrected chi connectivity index (χ3v) is 2.77. The molecule has 0 saturated carbocycles. The van der Waals surface area contributed by atoms with Crippen molar-refractivity contribution in [3.05, 3.63) is 29.8 Å². The summed E-state index contributed by atoms with van der Waals surface area (Å²) in [5, 5.41) is 9.37. The molecular weight excluding hydrogens is 203 g/mol. The molecule has 2 nitrogen and oxygen atoms in total. The number of aromatic nitrogens is 1. The standard InChI is InChI=1S/C13H17FN2/c1-3-8-13(10-15,9-4-2)11-6-5-7-12(14)16-11/h5-7H,3-4,8-9H2,1-2H3. The van der Waals surface area contributed by atoms with Crippen LogP contribution in [0.5, 0.6) is 0 Å². The molecule has 16 heavy (non-hydrogen) atoms. The van der Waals surface area contributed by atoms with Crippen LogP contribution in [0.15, 0.2) is 18.2 Å². The van der Waals surface area contributed by atoms with Gasteiger partial charge in [-0.1, -0.05) is 32.8 Å². The van der Waals surface area contributed by atoms with Crippen LogP contribution in [0.3, 0.4) is 0 Å². The minimum Gasteiger partial charge on any atom is -0.223 e. The molecular formula is C13H17FN2. The van der Waals surface area contributed by atoms with E-state index in [9.17, 15) is 9.65 Å². The second-order valence-corrected chi connectivity index (χ2v) is 4.04. The molecule has 1 rings (SSSR count). The number of nitrogens with zero attached hydrogens (tertiary/aromatic N) is 2. The lowest BCUT2D eigenvalue weighted by molar-refractivity contribution is 0.432. The summed E-state index contributed by atoms with van der Waals surface area (Å²) in [5.41, 5.74) is -0.0512. The van der Waals surface area contributed by atoms with Crippen LogP contribution in [-0.4, -0.2) is 4.98 Å². The zero-order chi connectivity index (χ0) is 12.0. The molecule has 0 unspecified atom stereocenters. The molecule has 3 heteroatoms. The first kappa shape index (κ1) is 12.6. The highest BCUT2D eigenvalue weighted by molar-refractivity contribution is 5.26. The van der Waals surface area contributed by atoms with Gasteiger partial charge in [-0.3, -0.25) is 0 Å². The van der Waals surface area contributed by atoms with Crippen LogP contribution in [0.1, 0.15) is 45.2 Å². The number of pyridine rings is 1. The Balaban J connectivity index is 3.14. The van der Waals surface area contributed by atoms with E-state index < -0.39 is 11.4 Å². The second-order valence-electron chi connectivity index (χ2n) is 4.04. The van der Waals surface area contributed by atoms with Crippen LogP contribution in [0, 0.1) is 17.3 Å². The Kier molecular flexibility index (Phi) is 4.42. The molecule has 0 aliphatic heterocycles. The quantitative estimate of drug-likeness (QED) is 0.711. The molecule has 0 aliphatic carbocycles. The third kappa shape index (κ3) is 2.57. The van der Waals surface area contributed by atoms with Gasteiger partial charge in [0.15, 0.2) is 0 Å². The van der Waals surface area contributed by atoms with Crippen molar-refractivity contribution in [1.82, 2.24) is 4.98 Å². The Hall–Kier alpha value is -1.43. The lowest BCUT2D eigenvalue weighted by Gasteiger charge is -2.25. The maximum absolute atomic E-state index is 13.1. The van der Waals surface area contributed by atoms with Crippen LogP contribution in [0.4, 0.5) is 4.39 Å². The van der Waals surface area contributed by atoms with Crippen LogP contribution in [0.2, 0.25) is 0 Å². The SMILES string of the molecule is CCCC(C#N)(CCC)c1cccc(F)n1. The minimum absolute atomic E-state index is 0.510. The Morgan fingerprint density at radius 2 is 1.94 bits per heavy atom. The zero-order valence-corrected chi connectivity index (χ0v) is 9.83. The van der Waals surface area contributed by atoms with E-state index in [1.807, 2.05) is 13.8 Å². The van der Waals surface area contributed by atoms with Gasteiger partial charge in [0.25, 0.3) is 0 Å². The summed E-state index contributed by atoms with van der Waals surface area (Å²) >= 11 is 0. The van der Waals surface area contributed by atoms with Gasteiger partial charge in [-0.2, -0.15) is 9.65 Å². The van der Waals surface area contributed by atoms with E-state index in [1.54, 1.807) is 12.1 Å². The Bertz CT molecular complexity index is 376. The molecule has 0 saturated heterocycles. The summed E-state index contributed by atoms with van der Waals surface area (Å²) in [7, 11) is 0. The van der Waals surface area contributed by atoms with Crippen LogP contribution in [0.25, 0.3) is 0 Å². The highest BCUT2D eigenvalue weighted by Crippen LogP contribution is 2.32. The Morgan fingerprint density at radius 1 is 1.31 bits per heavy atom. The van der Waals surface area contributed by atoms with E-state index in [4.69, 9.17) is 0 Å². The Labute approximate surface area is 96.1 Å². The molecule has 1 heterocycles. The Morgan fingerprint density at radius 3 is 2.38 bits per heavy atom. The van der Waals surface area contributed by atoms with Crippen LogP contribution >= 0.6 is 0 Å². The van der Waals surface area contributed by atoms with Crippen molar-refractivity contribution in [1.29, 1.82) is 5.26 Å².